The van der Waals surface area contributed by atoms with Gasteiger partial charge in [-0.1, -0.05) is 30.3 Å². The molecule has 0 saturated carbocycles. The van der Waals surface area contributed by atoms with Gasteiger partial charge < -0.3 is 19.5 Å². The minimum Gasteiger partial charge on any atom is -0.548 e. The number of piperazine rings is 1. The SMILES string of the molecule is CN1CCN(C(COCc2ccccc2)C(=O)[O-])CC1.[Na+]. The van der Waals surface area contributed by atoms with E-state index in [1.54, 1.807) is 0 Å². The Labute approximate surface area is 148 Å². The number of carboxylic acid groups (broad SMARTS) is 1. The second-order valence-corrected chi connectivity index (χ2v) is 5.17. The third-order valence-electron chi connectivity index (χ3n) is 3.64. The van der Waals surface area contributed by atoms with Gasteiger partial charge in [-0.25, -0.2) is 0 Å². The van der Waals surface area contributed by atoms with E-state index >= 15 is 0 Å². The Morgan fingerprint density at radius 3 is 2.43 bits per heavy atom. The first-order chi connectivity index (χ1) is 9.66. The van der Waals surface area contributed by atoms with E-state index in [-0.39, 0.29) is 36.2 Å². The van der Waals surface area contributed by atoms with E-state index in [0.29, 0.717) is 6.61 Å². The third-order valence-corrected chi connectivity index (χ3v) is 3.64. The normalized spacial score (nSPS) is 18.0. The topological polar surface area (TPSA) is 55.8 Å². The van der Waals surface area contributed by atoms with Crippen LogP contribution in [0.1, 0.15) is 5.56 Å². The second-order valence-electron chi connectivity index (χ2n) is 5.17. The molecule has 1 aliphatic heterocycles. The monoisotopic (exact) mass is 300 g/mol. The summed E-state index contributed by atoms with van der Waals surface area (Å²) in [6.45, 7) is 3.83. The van der Waals surface area contributed by atoms with Gasteiger partial charge in [0, 0.05) is 26.2 Å². The van der Waals surface area contributed by atoms with Gasteiger partial charge in [-0.2, -0.15) is 0 Å². The summed E-state index contributed by atoms with van der Waals surface area (Å²) in [7, 11) is 2.04. The molecule has 1 aromatic carbocycles. The quantitative estimate of drug-likeness (QED) is 0.512. The molecule has 0 N–H and O–H groups in total. The molecular formula is C15H21N2NaO3. The van der Waals surface area contributed by atoms with Crippen LogP contribution in [0.2, 0.25) is 0 Å². The minimum atomic E-state index is -1.05. The number of ether oxygens (including phenoxy) is 1. The molecule has 0 bridgehead atoms. The predicted molar refractivity (Wildman–Crippen MR) is 74.0 cm³/mol. The molecule has 0 aliphatic carbocycles. The van der Waals surface area contributed by atoms with E-state index in [9.17, 15) is 9.90 Å². The van der Waals surface area contributed by atoms with Crippen molar-refractivity contribution in [1.29, 1.82) is 0 Å². The standard InChI is InChI=1S/C15H22N2O3.Na/c1-16-7-9-17(10-8-16)14(15(18)19)12-20-11-13-5-3-2-4-6-13;/h2-6,14H,7-12H2,1H3,(H,18,19);/q;+1/p-1. The van der Waals surface area contributed by atoms with Crippen molar-refractivity contribution in [1.82, 2.24) is 9.80 Å². The van der Waals surface area contributed by atoms with Gasteiger partial charge >= 0.3 is 29.6 Å². The number of carbonyl (C=O) groups excluding carboxylic acids is 1. The number of hydrogen-bond donors (Lipinski definition) is 0. The Morgan fingerprint density at radius 2 is 1.86 bits per heavy atom. The molecule has 1 aliphatic rings. The molecule has 1 heterocycles. The van der Waals surface area contributed by atoms with Crippen LogP contribution in [-0.2, 0) is 16.1 Å². The Bertz CT molecular complexity index is 422. The van der Waals surface area contributed by atoms with Gasteiger partial charge in [0.2, 0.25) is 0 Å². The summed E-state index contributed by atoms with van der Waals surface area (Å²) < 4.78 is 5.55. The molecule has 0 amide bonds. The molecule has 21 heavy (non-hydrogen) atoms. The molecule has 110 valence electrons. The van der Waals surface area contributed by atoms with Crippen molar-refractivity contribution >= 4 is 5.97 Å². The van der Waals surface area contributed by atoms with Crippen molar-refractivity contribution in [2.24, 2.45) is 0 Å². The number of rotatable bonds is 6. The number of carboxylic acids is 1. The molecule has 2 rings (SSSR count). The number of benzene rings is 1. The first kappa shape index (κ1) is 18.6. The molecule has 1 atom stereocenters. The fourth-order valence-electron chi connectivity index (χ4n) is 2.32. The molecule has 5 nitrogen and oxygen atoms in total. The van der Waals surface area contributed by atoms with Crippen LogP contribution in [0.25, 0.3) is 0 Å². The van der Waals surface area contributed by atoms with Crippen LogP contribution in [0, 0.1) is 0 Å². The summed E-state index contributed by atoms with van der Waals surface area (Å²) in [4.78, 5) is 15.4. The summed E-state index contributed by atoms with van der Waals surface area (Å²) in [5, 5.41) is 11.3. The Balaban J connectivity index is 0.00000220. The zero-order valence-electron chi connectivity index (χ0n) is 12.8. The van der Waals surface area contributed by atoms with Crippen LogP contribution < -0.4 is 34.7 Å². The molecule has 1 fully saturated rings. The first-order valence-corrected chi connectivity index (χ1v) is 6.92. The fourth-order valence-corrected chi connectivity index (χ4v) is 2.32. The Kier molecular flexibility index (Phi) is 8.48. The van der Waals surface area contributed by atoms with Crippen molar-refractivity contribution in [2.75, 3.05) is 39.8 Å². The van der Waals surface area contributed by atoms with E-state index in [1.165, 1.54) is 0 Å². The fraction of sp³-hybridized carbons (Fsp3) is 0.533. The van der Waals surface area contributed by atoms with E-state index in [2.05, 4.69) is 4.90 Å². The minimum absolute atomic E-state index is 0. The second kappa shape index (κ2) is 9.56. The zero-order chi connectivity index (χ0) is 14.4. The molecule has 1 aromatic rings. The Morgan fingerprint density at radius 1 is 1.24 bits per heavy atom. The smallest absolute Gasteiger partial charge is 0.548 e. The van der Waals surface area contributed by atoms with Crippen LogP contribution in [-0.4, -0.2) is 61.6 Å². The summed E-state index contributed by atoms with van der Waals surface area (Å²) in [5.74, 6) is -1.05. The molecular weight excluding hydrogens is 279 g/mol. The van der Waals surface area contributed by atoms with Crippen molar-refractivity contribution in [2.45, 2.75) is 12.6 Å². The van der Waals surface area contributed by atoms with Crippen molar-refractivity contribution in [3.05, 3.63) is 35.9 Å². The maximum absolute atomic E-state index is 11.3. The summed E-state index contributed by atoms with van der Waals surface area (Å²) >= 11 is 0. The number of hydrogen-bond acceptors (Lipinski definition) is 5. The average molecular weight is 300 g/mol. The van der Waals surface area contributed by atoms with E-state index in [0.717, 1.165) is 31.7 Å². The third kappa shape index (κ3) is 6.06. The number of aliphatic carboxylic acids is 1. The van der Waals surface area contributed by atoms with Crippen molar-refractivity contribution < 1.29 is 44.2 Å². The average Bonchev–Trinajstić information content (AvgIpc) is 2.46. The predicted octanol–water partition coefficient (Wildman–Crippen LogP) is -3.43. The number of carbonyl (C=O) groups is 1. The van der Waals surface area contributed by atoms with Gasteiger partial charge in [0.15, 0.2) is 0 Å². The van der Waals surface area contributed by atoms with Crippen LogP contribution in [0.5, 0.6) is 0 Å². The van der Waals surface area contributed by atoms with Crippen LogP contribution in [0.4, 0.5) is 0 Å². The molecule has 0 aromatic heterocycles. The van der Waals surface area contributed by atoms with Crippen LogP contribution in [0.3, 0.4) is 0 Å². The van der Waals surface area contributed by atoms with Gasteiger partial charge in [0.1, 0.15) is 0 Å². The van der Waals surface area contributed by atoms with Gasteiger partial charge in [-0.05, 0) is 12.6 Å². The largest absolute Gasteiger partial charge is 1.00 e. The number of nitrogens with zero attached hydrogens (tertiary/aromatic N) is 2. The van der Waals surface area contributed by atoms with E-state index < -0.39 is 12.0 Å². The summed E-state index contributed by atoms with van der Waals surface area (Å²) in [6.07, 6.45) is 0. The molecule has 0 spiro atoms. The van der Waals surface area contributed by atoms with Gasteiger partial charge in [-0.15, -0.1) is 0 Å². The number of likely N-dealkylation sites (N-methyl/N-ethyl adjacent to an activating group) is 1. The Hall–Kier alpha value is -0.430. The van der Waals surface area contributed by atoms with Gasteiger partial charge in [0.25, 0.3) is 0 Å². The molecule has 6 heteroatoms. The van der Waals surface area contributed by atoms with E-state index in [4.69, 9.17) is 4.74 Å². The molecule has 1 saturated heterocycles. The van der Waals surface area contributed by atoms with Crippen molar-refractivity contribution in [3.63, 3.8) is 0 Å². The van der Waals surface area contributed by atoms with Gasteiger partial charge in [-0.3, -0.25) is 4.90 Å². The summed E-state index contributed by atoms with van der Waals surface area (Å²) in [5.41, 5.74) is 1.04. The molecule has 1 unspecified atom stereocenters. The maximum atomic E-state index is 11.3. The van der Waals surface area contributed by atoms with E-state index in [1.807, 2.05) is 42.3 Å². The molecule has 0 radical (unpaired) electrons. The van der Waals surface area contributed by atoms with Crippen molar-refractivity contribution in [3.8, 4) is 0 Å². The maximum Gasteiger partial charge on any atom is 1.00 e. The van der Waals surface area contributed by atoms with Crippen LogP contribution in [0.15, 0.2) is 30.3 Å². The first-order valence-electron chi connectivity index (χ1n) is 6.92. The van der Waals surface area contributed by atoms with Gasteiger partial charge in [0.05, 0.1) is 25.2 Å². The van der Waals surface area contributed by atoms with Crippen LogP contribution >= 0.6 is 0 Å². The summed E-state index contributed by atoms with van der Waals surface area (Å²) in [6, 6.07) is 9.09. The zero-order valence-corrected chi connectivity index (χ0v) is 14.8.